The molecule has 0 unspecified atom stereocenters. The molecular formula is C16H19NO5. The Labute approximate surface area is 128 Å². The van der Waals surface area contributed by atoms with Crippen molar-refractivity contribution in [2.45, 2.75) is 32.3 Å². The second kappa shape index (κ2) is 6.25. The molecular weight excluding hydrogens is 286 g/mol. The molecule has 1 fully saturated rings. The fraction of sp³-hybridized carbons (Fsp3) is 0.500. The SMILES string of the molecule is C[C@H](OC(=O)Cc1ccc2c(c1)OCO2)C(=O)N1CCCC1. The van der Waals surface area contributed by atoms with E-state index in [1.807, 2.05) is 0 Å². The summed E-state index contributed by atoms with van der Waals surface area (Å²) in [6.07, 6.45) is 1.40. The zero-order valence-corrected chi connectivity index (χ0v) is 12.5. The number of esters is 1. The third-order valence-corrected chi connectivity index (χ3v) is 3.86. The van der Waals surface area contributed by atoms with Gasteiger partial charge < -0.3 is 19.1 Å². The van der Waals surface area contributed by atoms with Crippen LogP contribution in [0.25, 0.3) is 0 Å². The zero-order chi connectivity index (χ0) is 15.5. The predicted octanol–water partition coefficient (Wildman–Crippen LogP) is 1.51. The summed E-state index contributed by atoms with van der Waals surface area (Å²) in [7, 11) is 0. The molecule has 0 saturated carbocycles. The minimum Gasteiger partial charge on any atom is -0.454 e. The number of benzene rings is 1. The van der Waals surface area contributed by atoms with Crippen molar-refractivity contribution in [1.29, 1.82) is 0 Å². The maximum Gasteiger partial charge on any atom is 0.311 e. The molecule has 1 atom stereocenters. The maximum atomic E-state index is 12.1. The van der Waals surface area contributed by atoms with E-state index in [9.17, 15) is 9.59 Å². The minimum atomic E-state index is -0.736. The summed E-state index contributed by atoms with van der Waals surface area (Å²) in [6, 6.07) is 5.32. The molecule has 0 spiro atoms. The van der Waals surface area contributed by atoms with Gasteiger partial charge in [0.05, 0.1) is 6.42 Å². The van der Waals surface area contributed by atoms with E-state index in [-0.39, 0.29) is 19.1 Å². The summed E-state index contributed by atoms with van der Waals surface area (Å²) < 4.78 is 15.7. The predicted molar refractivity (Wildman–Crippen MR) is 77.6 cm³/mol. The molecule has 2 aliphatic rings. The number of hydrogen-bond donors (Lipinski definition) is 0. The Bertz CT molecular complexity index is 580. The molecule has 0 aromatic heterocycles. The topological polar surface area (TPSA) is 65.1 Å². The third kappa shape index (κ3) is 3.16. The average Bonchev–Trinajstić information content (AvgIpc) is 3.17. The van der Waals surface area contributed by atoms with Crippen molar-refractivity contribution >= 4 is 11.9 Å². The van der Waals surface area contributed by atoms with Gasteiger partial charge in [0.2, 0.25) is 6.79 Å². The van der Waals surface area contributed by atoms with E-state index in [0.29, 0.717) is 11.5 Å². The number of fused-ring (bicyclic) bond motifs is 1. The van der Waals surface area contributed by atoms with Crippen LogP contribution in [0.15, 0.2) is 18.2 Å². The number of rotatable bonds is 4. The molecule has 1 aromatic carbocycles. The van der Waals surface area contributed by atoms with Gasteiger partial charge in [0.1, 0.15) is 0 Å². The second-order valence-electron chi connectivity index (χ2n) is 5.53. The highest BCUT2D eigenvalue weighted by Gasteiger charge is 2.26. The van der Waals surface area contributed by atoms with E-state index in [2.05, 4.69) is 0 Å². The molecule has 3 rings (SSSR count). The summed E-state index contributed by atoms with van der Waals surface area (Å²) in [5, 5.41) is 0. The number of amides is 1. The Balaban J connectivity index is 1.54. The second-order valence-corrected chi connectivity index (χ2v) is 5.53. The molecule has 6 heteroatoms. The molecule has 1 amide bonds. The Morgan fingerprint density at radius 2 is 1.95 bits per heavy atom. The van der Waals surface area contributed by atoms with Crippen LogP contribution in [0, 0.1) is 0 Å². The van der Waals surface area contributed by atoms with Gasteiger partial charge in [-0.05, 0) is 37.5 Å². The highest BCUT2D eigenvalue weighted by Crippen LogP contribution is 2.32. The van der Waals surface area contributed by atoms with Crippen molar-refractivity contribution in [2.24, 2.45) is 0 Å². The number of carbonyl (C=O) groups excluding carboxylic acids is 2. The Hall–Kier alpha value is -2.24. The van der Waals surface area contributed by atoms with Gasteiger partial charge >= 0.3 is 5.97 Å². The van der Waals surface area contributed by atoms with Crippen molar-refractivity contribution in [3.8, 4) is 11.5 Å². The van der Waals surface area contributed by atoms with Gasteiger partial charge in [-0.25, -0.2) is 0 Å². The number of nitrogens with zero attached hydrogens (tertiary/aromatic N) is 1. The van der Waals surface area contributed by atoms with Crippen molar-refractivity contribution in [1.82, 2.24) is 4.90 Å². The van der Waals surface area contributed by atoms with Crippen LogP contribution in [0.5, 0.6) is 11.5 Å². The molecule has 22 heavy (non-hydrogen) atoms. The first kappa shape index (κ1) is 14.7. The maximum absolute atomic E-state index is 12.1. The minimum absolute atomic E-state index is 0.105. The lowest BCUT2D eigenvalue weighted by Gasteiger charge is -2.20. The third-order valence-electron chi connectivity index (χ3n) is 3.86. The molecule has 0 radical (unpaired) electrons. The van der Waals surface area contributed by atoms with Gasteiger partial charge in [0, 0.05) is 13.1 Å². The van der Waals surface area contributed by atoms with Gasteiger partial charge in [-0.3, -0.25) is 9.59 Å². The van der Waals surface area contributed by atoms with Crippen LogP contribution in [0.2, 0.25) is 0 Å². The van der Waals surface area contributed by atoms with E-state index in [4.69, 9.17) is 14.2 Å². The molecule has 1 saturated heterocycles. The molecule has 2 heterocycles. The van der Waals surface area contributed by atoms with E-state index in [1.165, 1.54) is 0 Å². The summed E-state index contributed by atoms with van der Waals surface area (Å²) in [5.41, 5.74) is 0.773. The van der Waals surface area contributed by atoms with Gasteiger partial charge in [-0.15, -0.1) is 0 Å². The molecule has 6 nitrogen and oxygen atoms in total. The van der Waals surface area contributed by atoms with Gasteiger partial charge in [0.25, 0.3) is 5.91 Å². The largest absolute Gasteiger partial charge is 0.454 e. The monoisotopic (exact) mass is 305 g/mol. The highest BCUT2D eigenvalue weighted by atomic mass is 16.7. The van der Waals surface area contributed by atoms with Gasteiger partial charge in [0.15, 0.2) is 17.6 Å². The van der Waals surface area contributed by atoms with Crippen LogP contribution in [0.1, 0.15) is 25.3 Å². The van der Waals surface area contributed by atoms with Crippen LogP contribution in [-0.2, 0) is 20.7 Å². The fourth-order valence-corrected chi connectivity index (χ4v) is 2.70. The lowest BCUT2D eigenvalue weighted by atomic mass is 10.1. The van der Waals surface area contributed by atoms with E-state index in [1.54, 1.807) is 30.0 Å². The average molecular weight is 305 g/mol. The Morgan fingerprint density at radius 3 is 2.73 bits per heavy atom. The van der Waals surface area contributed by atoms with Crippen LogP contribution >= 0.6 is 0 Å². The molecule has 0 bridgehead atoms. The lowest BCUT2D eigenvalue weighted by molar-refractivity contribution is -0.158. The summed E-state index contributed by atoms with van der Waals surface area (Å²) in [5.74, 6) is 0.775. The first-order valence-corrected chi connectivity index (χ1v) is 7.50. The number of likely N-dealkylation sites (tertiary alicyclic amines) is 1. The zero-order valence-electron chi connectivity index (χ0n) is 12.5. The quantitative estimate of drug-likeness (QED) is 0.789. The van der Waals surface area contributed by atoms with Crippen LogP contribution in [-0.4, -0.2) is 42.8 Å². The molecule has 0 aliphatic carbocycles. The van der Waals surface area contributed by atoms with Crippen LogP contribution in [0.3, 0.4) is 0 Å². The molecule has 2 aliphatic heterocycles. The smallest absolute Gasteiger partial charge is 0.311 e. The first-order valence-electron chi connectivity index (χ1n) is 7.50. The number of carbonyl (C=O) groups is 2. The summed E-state index contributed by atoms with van der Waals surface area (Å²) >= 11 is 0. The highest BCUT2D eigenvalue weighted by molar-refractivity contribution is 5.84. The van der Waals surface area contributed by atoms with Gasteiger partial charge in [-0.1, -0.05) is 6.07 Å². The van der Waals surface area contributed by atoms with Crippen molar-refractivity contribution in [2.75, 3.05) is 19.9 Å². The van der Waals surface area contributed by atoms with E-state index < -0.39 is 12.1 Å². The number of ether oxygens (including phenoxy) is 3. The first-order chi connectivity index (χ1) is 10.6. The van der Waals surface area contributed by atoms with E-state index in [0.717, 1.165) is 31.5 Å². The standard InChI is InChI=1S/C16H19NO5/c1-11(16(19)17-6-2-3-7-17)22-15(18)9-12-4-5-13-14(8-12)21-10-20-13/h4-5,8,11H,2-3,6-7,9-10H2,1H3/t11-/m0/s1. The Kier molecular flexibility index (Phi) is 4.18. The molecule has 1 aromatic rings. The van der Waals surface area contributed by atoms with Crippen LogP contribution < -0.4 is 9.47 Å². The van der Waals surface area contributed by atoms with Crippen molar-refractivity contribution in [3.63, 3.8) is 0 Å². The van der Waals surface area contributed by atoms with Crippen LogP contribution in [0.4, 0.5) is 0 Å². The molecule has 0 N–H and O–H groups in total. The number of hydrogen-bond acceptors (Lipinski definition) is 5. The normalized spacial score (nSPS) is 17.4. The summed E-state index contributed by atoms with van der Waals surface area (Å²) in [4.78, 5) is 25.8. The summed E-state index contributed by atoms with van der Waals surface area (Å²) in [6.45, 7) is 3.33. The van der Waals surface area contributed by atoms with E-state index >= 15 is 0 Å². The fourth-order valence-electron chi connectivity index (χ4n) is 2.70. The Morgan fingerprint density at radius 1 is 1.23 bits per heavy atom. The lowest BCUT2D eigenvalue weighted by Crippen LogP contribution is -2.38. The molecule has 118 valence electrons. The van der Waals surface area contributed by atoms with Crippen molar-refractivity contribution < 1.29 is 23.8 Å². The van der Waals surface area contributed by atoms with Crippen molar-refractivity contribution in [3.05, 3.63) is 23.8 Å². The van der Waals surface area contributed by atoms with Gasteiger partial charge in [-0.2, -0.15) is 0 Å².